The molecule has 0 aromatic carbocycles. The van der Waals surface area contributed by atoms with Gasteiger partial charge >= 0.3 is 44.9 Å². The molecule has 0 aliphatic heterocycles. The van der Waals surface area contributed by atoms with E-state index in [4.69, 9.17) is 24.4 Å². The minimum Gasteiger partial charge on any atom is -1.00 e. The number of aliphatic hydroxyl groups excluding tert-OH is 1. The van der Waals surface area contributed by atoms with E-state index in [-0.39, 0.29) is 78.0 Å². The fraction of sp³-hybridized carbons (Fsp3) is 0.810. The Hall–Kier alpha value is -1.01. The molecule has 0 rings (SSSR count). The number of unbranched alkanes of at least 4 members (excludes halogenated alkanes) is 3. The Labute approximate surface area is 240 Å². The molecule has 7 N–H and O–H groups in total. The summed E-state index contributed by atoms with van der Waals surface area (Å²) in [4.78, 5) is 45.4. The van der Waals surface area contributed by atoms with Crippen molar-refractivity contribution in [3.63, 3.8) is 0 Å². The molecule has 0 radical (unpaired) electrons. The molecule has 1 atom stereocenters. The Morgan fingerprint density at radius 3 is 1.28 bits per heavy atom. The molecule has 12 nitrogen and oxygen atoms in total. The average molecular weight is 749 g/mol. The molecule has 0 aliphatic rings. The van der Waals surface area contributed by atoms with Crippen LogP contribution in [0, 0.1) is 0 Å². The number of aliphatic hydroxyl groups is 2. The van der Waals surface area contributed by atoms with Crippen molar-refractivity contribution in [2.45, 2.75) is 90.8 Å². The summed E-state index contributed by atoms with van der Waals surface area (Å²) in [6, 6.07) is 0. The Kier molecular flexibility index (Phi) is 45.9. The number of carboxylic acids is 1. The molecule has 0 heterocycles. The third kappa shape index (κ3) is 29.2. The maximum Gasteiger partial charge on any atom is 4.00 e. The first-order chi connectivity index (χ1) is 14.5. The zero-order chi connectivity index (χ0) is 24.3. The number of hydrogen-bond donors (Lipinski definition) is 3. The Morgan fingerprint density at radius 1 is 0.750 bits per heavy atom. The number of halogens is 2. The van der Waals surface area contributed by atoms with Crippen LogP contribution in [0.5, 0.6) is 0 Å². The van der Waals surface area contributed by atoms with Gasteiger partial charge in [0.15, 0.2) is 5.60 Å². The summed E-state index contributed by atoms with van der Waals surface area (Å²) in [7, 11) is 0. The number of carbonyl (C=O) groups excluding carboxylic acids is 3. The van der Waals surface area contributed by atoms with Gasteiger partial charge in [0.2, 0.25) is 0 Å². The van der Waals surface area contributed by atoms with Crippen LogP contribution in [0.4, 0.5) is 0 Å². The first-order valence-electron chi connectivity index (χ1n) is 10.7. The van der Waals surface area contributed by atoms with E-state index in [1.807, 2.05) is 20.8 Å². The largest absolute Gasteiger partial charge is 4.00 e. The number of hydrogen-bond acceptors (Lipinski definition) is 9. The molecule has 0 aliphatic carbocycles. The quantitative estimate of drug-likeness (QED) is 0.0902. The van der Waals surface area contributed by atoms with E-state index >= 15 is 0 Å². The molecule has 36 heavy (non-hydrogen) atoms. The van der Waals surface area contributed by atoms with Crippen LogP contribution >= 0.6 is 0 Å². The molecule has 0 amide bonds. The van der Waals surface area contributed by atoms with Crippen LogP contribution in [0.3, 0.4) is 0 Å². The van der Waals surface area contributed by atoms with Crippen LogP contribution in [0.2, 0.25) is 0 Å². The Balaban J connectivity index is -0.000000136. The molecule has 0 aromatic rings. The predicted octanol–water partition coefficient (Wildman–Crippen LogP) is -2.58. The third-order valence-electron chi connectivity index (χ3n) is 3.86. The standard InChI is InChI=1S/C18H32O7.C3H6O3.2ClH.2H2N.Pt/c1-4-7-10-23-15(19)13-18(22,17(21)25-12-9-6-3)14-16(20)24-11-8-5-2;1-2(4)3(5)6;;;;;/h22H,4-14H2,1-3H3;2,4H,1H3,(H,5,6);2*1H;2*1H2;/q;;;;2*-1;+4/p-2. The fourth-order valence-corrected chi connectivity index (χ4v) is 1.89. The SMILES string of the molecule is CC(O)C(=O)O.CCCCOC(=O)CC(O)(CC(=O)OCCCC)C(=O)OCCCC.[Cl-].[Cl-].[NH2-].[NH2-].[Pt+4]. The summed E-state index contributed by atoms with van der Waals surface area (Å²) in [5.74, 6) is -3.68. The van der Waals surface area contributed by atoms with Crippen molar-refractivity contribution < 1.29 is 94.6 Å². The molecule has 1 unspecified atom stereocenters. The van der Waals surface area contributed by atoms with E-state index in [1.165, 1.54) is 6.92 Å². The molecule has 0 saturated heterocycles. The fourth-order valence-electron chi connectivity index (χ4n) is 1.89. The van der Waals surface area contributed by atoms with E-state index in [0.29, 0.717) is 19.3 Å². The monoisotopic (exact) mass is 747 g/mol. The summed E-state index contributed by atoms with van der Waals surface area (Å²) in [5, 5.41) is 26.3. The van der Waals surface area contributed by atoms with E-state index < -0.39 is 48.4 Å². The van der Waals surface area contributed by atoms with Crippen molar-refractivity contribution in [1.29, 1.82) is 0 Å². The van der Waals surface area contributed by atoms with Crippen LogP contribution < -0.4 is 24.8 Å². The van der Waals surface area contributed by atoms with Gasteiger partial charge in [-0.25, -0.2) is 9.59 Å². The predicted molar refractivity (Wildman–Crippen MR) is 122 cm³/mol. The number of aliphatic carboxylic acids is 1. The van der Waals surface area contributed by atoms with Gasteiger partial charge < -0.3 is 66.6 Å². The van der Waals surface area contributed by atoms with Crippen molar-refractivity contribution in [3.05, 3.63) is 12.3 Å². The normalized spacial score (nSPS) is 9.94. The maximum atomic E-state index is 12.2. The van der Waals surface area contributed by atoms with Crippen molar-refractivity contribution >= 4 is 23.9 Å². The average Bonchev–Trinajstić information content (AvgIpc) is 2.68. The molecular formula is C21H42Cl2N2O10Pt. The number of nitrogens with two attached hydrogens (primary N) is 2. The topological polar surface area (TPSA) is 224 Å². The summed E-state index contributed by atoms with van der Waals surface area (Å²) in [6.45, 7) is 7.55. The zero-order valence-corrected chi connectivity index (χ0v) is 25.1. The van der Waals surface area contributed by atoms with Gasteiger partial charge in [-0.15, -0.1) is 0 Å². The van der Waals surface area contributed by atoms with Gasteiger partial charge in [0.25, 0.3) is 0 Å². The molecule has 220 valence electrons. The van der Waals surface area contributed by atoms with E-state index in [0.717, 1.165) is 19.3 Å². The number of esters is 3. The number of rotatable bonds is 15. The smallest absolute Gasteiger partial charge is 1.00 e. The first kappa shape index (κ1) is 51.6. The molecule has 15 heteroatoms. The molecule has 0 fully saturated rings. The minimum atomic E-state index is -2.26. The van der Waals surface area contributed by atoms with E-state index in [2.05, 4.69) is 0 Å². The second kappa shape index (κ2) is 32.0. The van der Waals surface area contributed by atoms with Crippen LogP contribution in [-0.2, 0) is 54.5 Å². The number of carboxylic acid groups (broad SMARTS) is 1. The van der Waals surface area contributed by atoms with Crippen molar-refractivity contribution in [1.82, 2.24) is 0 Å². The van der Waals surface area contributed by atoms with Crippen LogP contribution in [0.1, 0.15) is 79.1 Å². The second-order valence-corrected chi connectivity index (χ2v) is 7.04. The summed E-state index contributed by atoms with van der Waals surface area (Å²) in [6.07, 6.45) is 2.00. The van der Waals surface area contributed by atoms with Crippen molar-refractivity contribution in [2.24, 2.45) is 0 Å². The van der Waals surface area contributed by atoms with Crippen molar-refractivity contribution in [3.8, 4) is 0 Å². The summed E-state index contributed by atoms with van der Waals surface area (Å²) < 4.78 is 14.9. The van der Waals surface area contributed by atoms with Gasteiger partial charge in [0.1, 0.15) is 6.10 Å². The second-order valence-electron chi connectivity index (χ2n) is 7.04. The Bertz CT molecular complexity index is 535. The molecule has 0 bridgehead atoms. The van der Waals surface area contributed by atoms with Crippen LogP contribution in [0.25, 0.3) is 12.3 Å². The minimum absolute atomic E-state index is 0. The number of carbonyl (C=O) groups is 4. The summed E-state index contributed by atoms with van der Waals surface area (Å²) in [5.41, 5.74) is -2.26. The molecular weight excluding hydrogens is 706 g/mol. The van der Waals surface area contributed by atoms with E-state index in [1.54, 1.807) is 0 Å². The van der Waals surface area contributed by atoms with Crippen LogP contribution in [0.15, 0.2) is 0 Å². The van der Waals surface area contributed by atoms with Crippen molar-refractivity contribution in [2.75, 3.05) is 19.8 Å². The van der Waals surface area contributed by atoms with Gasteiger partial charge in [-0.3, -0.25) is 9.59 Å². The molecule has 0 aromatic heterocycles. The van der Waals surface area contributed by atoms with Crippen LogP contribution in [-0.4, -0.2) is 70.7 Å². The van der Waals surface area contributed by atoms with Gasteiger partial charge in [-0.05, 0) is 26.2 Å². The van der Waals surface area contributed by atoms with E-state index in [9.17, 15) is 24.3 Å². The molecule has 0 spiro atoms. The third-order valence-corrected chi connectivity index (χ3v) is 3.86. The van der Waals surface area contributed by atoms with Gasteiger partial charge in [-0.1, -0.05) is 40.0 Å². The maximum absolute atomic E-state index is 12.2. The van der Waals surface area contributed by atoms with Gasteiger partial charge in [-0.2, -0.15) is 0 Å². The molecule has 0 saturated carbocycles. The summed E-state index contributed by atoms with van der Waals surface area (Å²) >= 11 is 0. The van der Waals surface area contributed by atoms with Gasteiger partial charge in [0.05, 0.1) is 32.7 Å². The Morgan fingerprint density at radius 2 is 1.03 bits per heavy atom. The number of ether oxygens (including phenoxy) is 3. The van der Waals surface area contributed by atoms with Gasteiger partial charge in [0, 0.05) is 0 Å². The first-order valence-corrected chi connectivity index (χ1v) is 10.7. The zero-order valence-electron chi connectivity index (χ0n) is 21.3.